The zero-order chi connectivity index (χ0) is 13.0. The van der Waals surface area contributed by atoms with Gasteiger partial charge in [0.1, 0.15) is 5.82 Å². The monoisotopic (exact) mass is 252 g/mol. The second-order valence-corrected chi connectivity index (χ2v) is 5.31. The fourth-order valence-corrected chi connectivity index (χ4v) is 2.67. The molecule has 0 aliphatic carbocycles. The van der Waals surface area contributed by atoms with Crippen LogP contribution in [0.1, 0.15) is 25.6 Å². The Balaban J connectivity index is 1.90. The van der Waals surface area contributed by atoms with Crippen molar-refractivity contribution < 1.29 is 5.11 Å². The van der Waals surface area contributed by atoms with Crippen LogP contribution in [0.15, 0.2) is 12.4 Å². The van der Waals surface area contributed by atoms with Gasteiger partial charge in [-0.1, -0.05) is 0 Å². The molecule has 0 saturated carbocycles. The molecule has 1 aliphatic rings. The zero-order valence-corrected chi connectivity index (χ0v) is 11.4. The quantitative estimate of drug-likeness (QED) is 0.799. The Labute approximate surface area is 109 Å². The Morgan fingerprint density at radius 3 is 3.11 bits per heavy atom. The van der Waals surface area contributed by atoms with Crippen molar-refractivity contribution in [3.8, 4) is 0 Å². The van der Waals surface area contributed by atoms with Crippen molar-refractivity contribution in [3.05, 3.63) is 18.2 Å². The number of rotatable bonds is 5. The Hall–Kier alpha value is -0.910. The van der Waals surface area contributed by atoms with Crippen LogP contribution in [0.5, 0.6) is 0 Å². The number of nitrogens with one attached hydrogen (secondary N) is 1. The van der Waals surface area contributed by atoms with Gasteiger partial charge in [-0.2, -0.15) is 0 Å². The number of aliphatic hydroxyl groups is 1. The number of imidazole rings is 1. The Morgan fingerprint density at radius 1 is 1.61 bits per heavy atom. The van der Waals surface area contributed by atoms with Gasteiger partial charge in [0.2, 0.25) is 0 Å². The third-order valence-electron chi connectivity index (χ3n) is 3.57. The van der Waals surface area contributed by atoms with Crippen LogP contribution in [0.4, 0.5) is 0 Å². The summed E-state index contributed by atoms with van der Waals surface area (Å²) in [5.41, 5.74) is -0.587. The van der Waals surface area contributed by atoms with E-state index in [0.29, 0.717) is 13.1 Å². The molecule has 5 nitrogen and oxygen atoms in total. The molecule has 0 unspecified atom stereocenters. The number of β-amino-alcohol motifs (C(OH)–C–C–N with tert-alkyl or cyclic N) is 1. The normalized spacial score (nSPS) is 24.7. The molecule has 1 fully saturated rings. The van der Waals surface area contributed by atoms with Crippen molar-refractivity contribution in [2.45, 2.75) is 38.5 Å². The van der Waals surface area contributed by atoms with Gasteiger partial charge in [-0.05, 0) is 33.4 Å². The van der Waals surface area contributed by atoms with Crippen molar-refractivity contribution in [1.82, 2.24) is 19.8 Å². The van der Waals surface area contributed by atoms with Crippen LogP contribution < -0.4 is 5.32 Å². The first-order valence-electron chi connectivity index (χ1n) is 6.74. The van der Waals surface area contributed by atoms with Crippen LogP contribution >= 0.6 is 0 Å². The summed E-state index contributed by atoms with van der Waals surface area (Å²) in [6.45, 7) is 6.24. The van der Waals surface area contributed by atoms with Crippen LogP contribution in [-0.4, -0.2) is 51.8 Å². The average Bonchev–Trinajstić information content (AvgIpc) is 2.76. The van der Waals surface area contributed by atoms with Gasteiger partial charge in [0.15, 0.2) is 0 Å². The highest BCUT2D eigenvalue weighted by Gasteiger charge is 2.30. The minimum Gasteiger partial charge on any atom is -0.387 e. The standard InChI is InChI=1S/C13H24N4O/c1-3-17-8-7-15-12(17)9-16(2)11-13(18)5-4-6-14-10-13/h7-8,14,18H,3-6,9-11H2,1-2H3/t13-/m1/s1. The lowest BCUT2D eigenvalue weighted by Crippen LogP contribution is -2.52. The number of aromatic nitrogens is 2. The molecule has 1 aromatic heterocycles. The number of nitrogens with zero attached hydrogens (tertiary/aromatic N) is 3. The molecule has 2 heterocycles. The molecular formula is C13H24N4O. The fraction of sp³-hybridized carbons (Fsp3) is 0.769. The molecule has 0 aromatic carbocycles. The molecule has 0 radical (unpaired) electrons. The van der Waals surface area contributed by atoms with Gasteiger partial charge in [0.05, 0.1) is 12.1 Å². The third kappa shape index (κ3) is 3.31. The summed E-state index contributed by atoms with van der Waals surface area (Å²) in [4.78, 5) is 6.52. The van der Waals surface area contributed by atoms with Crippen LogP contribution in [0.3, 0.4) is 0 Å². The summed E-state index contributed by atoms with van der Waals surface area (Å²) < 4.78 is 2.14. The first-order chi connectivity index (χ1) is 8.63. The van der Waals surface area contributed by atoms with Gasteiger partial charge in [0.25, 0.3) is 0 Å². The van der Waals surface area contributed by atoms with E-state index < -0.39 is 5.60 Å². The SMILES string of the molecule is CCn1ccnc1CN(C)C[C@@]1(O)CCCNC1. The van der Waals surface area contributed by atoms with Gasteiger partial charge in [-0.25, -0.2) is 4.98 Å². The highest BCUT2D eigenvalue weighted by Crippen LogP contribution is 2.17. The molecule has 18 heavy (non-hydrogen) atoms. The van der Waals surface area contributed by atoms with Crippen LogP contribution in [0.25, 0.3) is 0 Å². The van der Waals surface area contributed by atoms with E-state index in [1.165, 1.54) is 0 Å². The predicted molar refractivity (Wildman–Crippen MR) is 71.3 cm³/mol. The van der Waals surface area contributed by atoms with Crippen molar-refractivity contribution in [2.24, 2.45) is 0 Å². The van der Waals surface area contributed by atoms with E-state index in [4.69, 9.17) is 0 Å². The van der Waals surface area contributed by atoms with Crippen LogP contribution in [0.2, 0.25) is 0 Å². The maximum atomic E-state index is 10.5. The first kappa shape index (κ1) is 13.5. The summed E-state index contributed by atoms with van der Waals surface area (Å²) in [5.74, 6) is 1.06. The Kier molecular flexibility index (Phi) is 4.37. The molecule has 102 valence electrons. The molecule has 1 aromatic rings. The smallest absolute Gasteiger partial charge is 0.122 e. The maximum Gasteiger partial charge on any atom is 0.122 e. The highest BCUT2D eigenvalue weighted by atomic mass is 16.3. The molecule has 5 heteroatoms. The second-order valence-electron chi connectivity index (χ2n) is 5.31. The molecule has 0 amide bonds. The lowest BCUT2D eigenvalue weighted by atomic mass is 9.94. The molecule has 2 N–H and O–H groups in total. The number of hydrogen-bond donors (Lipinski definition) is 2. The topological polar surface area (TPSA) is 53.3 Å². The molecule has 2 rings (SSSR count). The van der Waals surface area contributed by atoms with E-state index >= 15 is 0 Å². The lowest BCUT2D eigenvalue weighted by Gasteiger charge is -2.35. The number of piperidine rings is 1. The van der Waals surface area contributed by atoms with E-state index in [-0.39, 0.29) is 0 Å². The van der Waals surface area contributed by atoms with Gasteiger partial charge in [0, 0.05) is 32.0 Å². The summed E-state index contributed by atoms with van der Waals surface area (Å²) in [6.07, 6.45) is 5.77. The first-order valence-corrected chi connectivity index (χ1v) is 6.74. The van der Waals surface area contributed by atoms with Gasteiger partial charge < -0.3 is 15.0 Å². The van der Waals surface area contributed by atoms with Crippen LogP contribution in [-0.2, 0) is 13.1 Å². The molecule has 1 atom stereocenters. The van der Waals surface area contributed by atoms with Crippen molar-refractivity contribution >= 4 is 0 Å². The Bertz CT molecular complexity index is 371. The Morgan fingerprint density at radius 2 is 2.44 bits per heavy atom. The molecule has 1 aliphatic heterocycles. The van der Waals surface area contributed by atoms with Crippen molar-refractivity contribution in [3.63, 3.8) is 0 Å². The van der Waals surface area contributed by atoms with E-state index in [9.17, 15) is 5.11 Å². The number of likely N-dealkylation sites (N-methyl/N-ethyl adjacent to an activating group) is 1. The number of hydrogen-bond acceptors (Lipinski definition) is 4. The lowest BCUT2D eigenvalue weighted by molar-refractivity contribution is -0.0118. The largest absolute Gasteiger partial charge is 0.387 e. The van der Waals surface area contributed by atoms with Crippen molar-refractivity contribution in [1.29, 1.82) is 0 Å². The highest BCUT2D eigenvalue weighted by molar-refractivity contribution is 4.94. The average molecular weight is 252 g/mol. The van der Waals surface area contributed by atoms with Gasteiger partial charge in [-0.15, -0.1) is 0 Å². The fourth-order valence-electron chi connectivity index (χ4n) is 2.67. The summed E-state index contributed by atoms with van der Waals surface area (Å²) >= 11 is 0. The van der Waals surface area contributed by atoms with Crippen molar-refractivity contribution in [2.75, 3.05) is 26.7 Å². The minimum atomic E-state index is -0.587. The molecule has 0 spiro atoms. The van der Waals surface area contributed by atoms with E-state index in [0.717, 1.165) is 38.3 Å². The van der Waals surface area contributed by atoms with E-state index in [1.807, 2.05) is 19.4 Å². The molecular weight excluding hydrogens is 228 g/mol. The zero-order valence-electron chi connectivity index (χ0n) is 11.4. The molecule has 1 saturated heterocycles. The van der Waals surface area contributed by atoms with Gasteiger partial charge >= 0.3 is 0 Å². The summed E-state index contributed by atoms with van der Waals surface area (Å²) in [6, 6.07) is 0. The van der Waals surface area contributed by atoms with E-state index in [2.05, 4.69) is 26.7 Å². The molecule has 0 bridgehead atoms. The third-order valence-corrected chi connectivity index (χ3v) is 3.57. The summed E-state index contributed by atoms with van der Waals surface area (Å²) in [5, 5.41) is 13.7. The maximum absolute atomic E-state index is 10.5. The number of aryl methyl sites for hydroxylation is 1. The van der Waals surface area contributed by atoms with E-state index in [1.54, 1.807) is 0 Å². The van der Waals surface area contributed by atoms with Gasteiger partial charge in [-0.3, -0.25) is 4.90 Å². The predicted octanol–water partition coefficient (Wildman–Crippen LogP) is 0.449. The van der Waals surface area contributed by atoms with Crippen LogP contribution in [0, 0.1) is 0 Å². The second kappa shape index (κ2) is 5.82. The minimum absolute atomic E-state index is 0.587. The summed E-state index contributed by atoms with van der Waals surface area (Å²) in [7, 11) is 2.04.